The lowest BCUT2D eigenvalue weighted by Crippen LogP contribution is -2.07. The quantitative estimate of drug-likeness (QED) is 0.373. The Morgan fingerprint density at radius 2 is 1.80 bits per heavy atom. The second kappa shape index (κ2) is 10.3. The number of ether oxygens (including phenoxy) is 2. The first-order valence-corrected chi connectivity index (χ1v) is 8.63. The number of aldehydes is 1. The highest BCUT2D eigenvalue weighted by molar-refractivity contribution is 5.79. The summed E-state index contributed by atoms with van der Waals surface area (Å²) in [5.74, 6) is 0.350. The Hall–Kier alpha value is -2.62. The zero-order valence-electron chi connectivity index (χ0n) is 14.6. The van der Waals surface area contributed by atoms with Gasteiger partial charge < -0.3 is 9.47 Å². The maximum Gasteiger partial charge on any atom is 0.305 e. The largest absolute Gasteiger partial charge is 0.493 e. The predicted molar refractivity (Wildman–Crippen MR) is 97.0 cm³/mol. The summed E-state index contributed by atoms with van der Waals surface area (Å²) in [5.41, 5.74) is 2.92. The van der Waals surface area contributed by atoms with E-state index in [1.807, 2.05) is 30.3 Å². The van der Waals surface area contributed by atoms with E-state index in [-0.39, 0.29) is 5.97 Å². The molecule has 0 saturated carbocycles. The molecule has 0 saturated heterocycles. The maximum atomic E-state index is 11.3. The fourth-order valence-electron chi connectivity index (χ4n) is 2.52. The molecule has 2 rings (SSSR count). The monoisotopic (exact) mass is 340 g/mol. The Morgan fingerprint density at radius 3 is 2.52 bits per heavy atom. The van der Waals surface area contributed by atoms with E-state index in [4.69, 9.17) is 9.47 Å². The van der Waals surface area contributed by atoms with E-state index in [1.165, 1.54) is 5.56 Å². The third kappa shape index (κ3) is 6.42. The van der Waals surface area contributed by atoms with Gasteiger partial charge >= 0.3 is 5.97 Å². The van der Waals surface area contributed by atoms with E-state index < -0.39 is 0 Å². The van der Waals surface area contributed by atoms with Crippen LogP contribution in [0.2, 0.25) is 0 Å². The van der Waals surface area contributed by atoms with Crippen molar-refractivity contribution in [1.29, 1.82) is 0 Å². The molecule has 0 aliphatic heterocycles. The minimum absolute atomic E-state index is 0.224. The van der Waals surface area contributed by atoms with E-state index in [2.05, 4.69) is 12.1 Å². The van der Waals surface area contributed by atoms with E-state index in [0.717, 1.165) is 24.7 Å². The van der Waals surface area contributed by atoms with Crippen LogP contribution in [0.3, 0.4) is 0 Å². The van der Waals surface area contributed by atoms with Crippen molar-refractivity contribution in [2.24, 2.45) is 0 Å². The fourth-order valence-corrected chi connectivity index (χ4v) is 2.52. The summed E-state index contributed by atoms with van der Waals surface area (Å²) in [6.07, 6.45) is 3.48. The van der Waals surface area contributed by atoms with Crippen LogP contribution in [-0.2, 0) is 22.4 Å². The standard InChI is InChI=1S/C21H24O4/c1-2-24-21(23)9-6-14-25-20-15-18(12-13-19(20)16-22)11-10-17-7-4-3-5-8-17/h3-5,7-8,12-13,15-16H,2,6,9-11,14H2,1H3. The zero-order valence-corrected chi connectivity index (χ0v) is 14.6. The molecule has 0 spiro atoms. The zero-order chi connectivity index (χ0) is 17.9. The minimum Gasteiger partial charge on any atom is -0.493 e. The van der Waals surface area contributed by atoms with Crippen LogP contribution in [0.15, 0.2) is 48.5 Å². The molecule has 2 aromatic carbocycles. The number of carbonyl (C=O) groups excluding carboxylic acids is 2. The maximum absolute atomic E-state index is 11.3. The molecular weight excluding hydrogens is 316 g/mol. The van der Waals surface area contributed by atoms with Crippen molar-refractivity contribution in [3.05, 3.63) is 65.2 Å². The molecule has 0 bridgehead atoms. The second-order valence-electron chi connectivity index (χ2n) is 5.73. The fraction of sp³-hybridized carbons (Fsp3) is 0.333. The summed E-state index contributed by atoms with van der Waals surface area (Å²) in [7, 11) is 0. The van der Waals surface area contributed by atoms with Gasteiger partial charge in [-0.1, -0.05) is 36.4 Å². The second-order valence-corrected chi connectivity index (χ2v) is 5.73. The molecule has 0 unspecified atom stereocenters. The summed E-state index contributed by atoms with van der Waals surface area (Å²) >= 11 is 0. The first-order valence-electron chi connectivity index (χ1n) is 8.63. The molecule has 0 radical (unpaired) electrons. The number of aryl methyl sites for hydroxylation is 2. The predicted octanol–water partition coefficient (Wildman–Crippen LogP) is 4.01. The summed E-state index contributed by atoms with van der Waals surface area (Å²) in [6, 6.07) is 15.9. The van der Waals surface area contributed by atoms with Crippen LogP contribution in [-0.4, -0.2) is 25.5 Å². The van der Waals surface area contributed by atoms with E-state index in [0.29, 0.717) is 37.4 Å². The van der Waals surface area contributed by atoms with Crippen molar-refractivity contribution in [3.63, 3.8) is 0 Å². The summed E-state index contributed by atoms with van der Waals surface area (Å²) in [5, 5.41) is 0. The molecule has 0 heterocycles. The van der Waals surface area contributed by atoms with Crippen LogP contribution in [0.4, 0.5) is 0 Å². The molecule has 0 aliphatic carbocycles. The highest BCUT2D eigenvalue weighted by Crippen LogP contribution is 2.20. The van der Waals surface area contributed by atoms with Gasteiger partial charge in [-0.15, -0.1) is 0 Å². The Kier molecular flexibility index (Phi) is 7.70. The van der Waals surface area contributed by atoms with Gasteiger partial charge in [-0.05, 0) is 49.4 Å². The molecule has 0 amide bonds. The van der Waals surface area contributed by atoms with Crippen LogP contribution >= 0.6 is 0 Å². The summed E-state index contributed by atoms with van der Waals surface area (Å²) in [4.78, 5) is 22.5. The van der Waals surface area contributed by atoms with E-state index >= 15 is 0 Å². The van der Waals surface area contributed by atoms with E-state index in [9.17, 15) is 9.59 Å². The van der Waals surface area contributed by atoms with Gasteiger partial charge in [0.2, 0.25) is 0 Å². The summed E-state index contributed by atoms with van der Waals surface area (Å²) in [6.45, 7) is 2.55. The lowest BCUT2D eigenvalue weighted by molar-refractivity contribution is -0.143. The molecule has 2 aromatic rings. The van der Waals surface area contributed by atoms with Crippen molar-refractivity contribution in [2.75, 3.05) is 13.2 Å². The number of rotatable bonds is 10. The molecular formula is C21H24O4. The van der Waals surface area contributed by atoms with Crippen molar-refractivity contribution >= 4 is 12.3 Å². The molecule has 0 N–H and O–H groups in total. The van der Waals surface area contributed by atoms with Gasteiger partial charge in [-0.25, -0.2) is 0 Å². The lowest BCUT2D eigenvalue weighted by atomic mass is 10.0. The van der Waals surface area contributed by atoms with Crippen molar-refractivity contribution in [1.82, 2.24) is 0 Å². The normalized spacial score (nSPS) is 10.3. The van der Waals surface area contributed by atoms with Crippen LogP contribution in [0.25, 0.3) is 0 Å². The van der Waals surface area contributed by atoms with Gasteiger partial charge in [0.1, 0.15) is 5.75 Å². The average molecular weight is 340 g/mol. The van der Waals surface area contributed by atoms with E-state index in [1.54, 1.807) is 13.0 Å². The highest BCUT2D eigenvalue weighted by Gasteiger charge is 2.07. The van der Waals surface area contributed by atoms with Crippen LogP contribution in [0.1, 0.15) is 41.3 Å². The lowest BCUT2D eigenvalue weighted by Gasteiger charge is -2.11. The molecule has 4 nitrogen and oxygen atoms in total. The Balaban J connectivity index is 1.90. The Morgan fingerprint density at radius 1 is 1.04 bits per heavy atom. The number of benzene rings is 2. The van der Waals surface area contributed by atoms with Crippen LogP contribution in [0.5, 0.6) is 5.75 Å². The smallest absolute Gasteiger partial charge is 0.305 e. The number of carbonyl (C=O) groups is 2. The van der Waals surface area contributed by atoms with Crippen LogP contribution in [0, 0.1) is 0 Å². The average Bonchev–Trinajstić information content (AvgIpc) is 2.65. The summed E-state index contributed by atoms with van der Waals surface area (Å²) < 4.78 is 10.6. The van der Waals surface area contributed by atoms with Crippen LogP contribution < -0.4 is 4.74 Å². The minimum atomic E-state index is -0.224. The third-order valence-corrected chi connectivity index (χ3v) is 3.84. The van der Waals surface area contributed by atoms with Crippen molar-refractivity contribution < 1.29 is 19.1 Å². The first-order chi connectivity index (χ1) is 12.2. The first kappa shape index (κ1) is 18.7. The highest BCUT2D eigenvalue weighted by atomic mass is 16.5. The van der Waals surface area contributed by atoms with Gasteiger partial charge in [0.15, 0.2) is 6.29 Å². The van der Waals surface area contributed by atoms with Crippen molar-refractivity contribution in [3.8, 4) is 5.75 Å². The number of hydrogen-bond acceptors (Lipinski definition) is 4. The van der Waals surface area contributed by atoms with Crippen molar-refractivity contribution in [2.45, 2.75) is 32.6 Å². The SMILES string of the molecule is CCOC(=O)CCCOc1cc(CCc2ccccc2)ccc1C=O. The number of esters is 1. The molecule has 25 heavy (non-hydrogen) atoms. The molecule has 0 aromatic heterocycles. The molecule has 132 valence electrons. The van der Waals surface area contributed by atoms with Gasteiger partial charge in [0.05, 0.1) is 18.8 Å². The third-order valence-electron chi connectivity index (χ3n) is 3.84. The molecule has 4 heteroatoms. The number of hydrogen-bond donors (Lipinski definition) is 0. The van der Waals surface area contributed by atoms with Gasteiger partial charge in [-0.3, -0.25) is 9.59 Å². The van der Waals surface area contributed by atoms with Gasteiger partial charge in [0, 0.05) is 6.42 Å². The molecule has 0 fully saturated rings. The van der Waals surface area contributed by atoms with Gasteiger partial charge in [0.25, 0.3) is 0 Å². The Labute approximate surface area is 148 Å². The topological polar surface area (TPSA) is 52.6 Å². The van der Waals surface area contributed by atoms with Gasteiger partial charge in [-0.2, -0.15) is 0 Å². The molecule has 0 aliphatic rings. The molecule has 0 atom stereocenters. The Bertz CT molecular complexity index is 680.